The summed E-state index contributed by atoms with van der Waals surface area (Å²) >= 11 is 3.28. The van der Waals surface area contributed by atoms with E-state index in [1.165, 1.54) is 12.1 Å². The molecule has 7 heteroatoms. The highest BCUT2D eigenvalue weighted by Crippen LogP contribution is 2.30. The number of morpholine rings is 1. The SMILES string of the molecule is O=C(c1cccc(C(F)(F)F)c1)N1CCOCC1CBr. The molecule has 0 N–H and O–H groups in total. The molecule has 1 atom stereocenters. The lowest BCUT2D eigenvalue weighted by atomic mass is 10.1. The van der Waals surface area contributed by atoms with Crippen molar-refractivity contribution in [2.75, 3.05) is 25.1 Å². The van der Waals surface area contributed by atoms with Gasteiger partial charge in [-0.3, -0.25) is 4.79 Å². The van der Waals surface area contributed by atoms with Crippen LogP contribution in [0.2, 0.25) is 0 Å². The number of nitrogens with zero attached hydrogens (tertiary/aromatic N) is 1. The summed E-state index contributed by atoms with van der Waals surface area (Å²) in [5.74, 6) is -0.399. The van der Waals surface area contributed by atoms with Crippen molar-refractivity contribution >= 4 is 21.8 Å². The van der Waals surface area contributed by atoms with Gasteiger partial charge in [-0.15, -0.1) is 0 Å². The molecule has 20 heavy (non-hydrogen) atoms. The molecule has 0 saturated carbocycles. The van der Waals surface area contributed by atoms with Gasteiger partial charge in [0, 0.05) is 17.4 Å². The summed E-state index contributed by atoms with van der Waals surface area (Å²) in [5.41, 5.74) is -0.764. The minimum absolute atomic E-state index is 0.0488. The third-order valence-electron chi connectivity index (χ3n) is 3.10. The van der Waals surface area contributed by atoms with Crippen LogP contribution in [0.4, 0.5) is 13.2 Å². The fraction of sp³-hybridized carbons (Fsp3) is 0.462. The molecule has 1 aliphatic heterocycles. The molecule has 1 aromatic rings. The minimum Gasteiger partial charge on any atom is -0.377 e. The predicted octanol–water partition coefficient (Wildman–Crippen LogP) is 2.94. The summed E-state index contributed by atoms with van der Waals surface area (Å²) in [6.45, 7) is 1.16. The van der Waals surface area contributed by atoms with Gasteiger partial charge < -0.3 is 9.64 Å². The van der Waals surface area contributed by atoms with Gasteiger partial charge in [0.2, 0.25) is 0 Å². The number of halogens is 4. The Labute approximate surface area is 122 Å². The van der Waals surface area contributed by atoms with Crippen molar-refractivity contribution in [3.8, 4) is 0 Å². The van der Waals surface area contributed by atoms with E-state index in [2.05, 4.69) is 15.9 Å². The van der Waals surface area contributed by atoms with Gasteiger partial charge in [-0.25, -0.2) is 0 Å². The number of carbonyl (C=O) groups excluding carboxylic acids is 1. The van der Waals surface area contributed by atoms with Crippen LogP contribution < -0.4 is 0 Å². The Hall–Kier alpha value is -1.08. The quantitative estimate of drug-likeness (QED) is 0.766. The number of alkyl halides is 4. The van der Waals surface area contributed by atoms with E-state index in [4.69, 9.17) is 4.74 Å². The Balaban J connectivity index is 2.24. The third kappa shape index (κ3) is 3.32. The fourth-order valence-corrected chi connectivity index (χ4v) is 2.58. The molecule has 110 valence electrons. The van der Waals surface area contributed by atoms with Crippen molar-refractivity contribution in [1.82, 2.24) is 4.90 Å². The van der Waals surface area contributed by atoms with Crippen LogP contribution in [0.3, 0.4) is 0 Å². The predicted molar refractivity (Wildman–Crippen MR) is 70.9 cm³/mol. The van der Waals surface area contributed by atoms with Gasteiger partial charge in [-0.1, -0.05) is 22.0 Å². The van der Waals surface area contributed by atoms with Crippen molar-refractivity contribution in [2.24, 2.45) is 0 Å². The highest BCUT2D eigenvalue weighted by atomic mass is 79.9. The molecule has 1 aliphatic rings. The first-order chi connectivity index (χ1) is 9.43. The maximum absolute atomic E-state index is 12.7. The first kappa shape index (κ1) is 15.3. The van der Waals surface area contributed by atoms with Crippen LogP contribution in [0.1, 0.15) is 15.9 Å². The van der Waals surface area contributed by atoms with Gasteiger partial charge in [0.1, 0.15) is 0 Å². The second-order valence-electron chi connectivity index (χ2n) is 4.46. The molecule has 1 heterocycles. The molecule has 1 amide bonds. The molecule has 0 aliphatic carbocycles. The Kier molecular flexibility index (Phi) is 4.70. The standard InChI is InChI=1S/C13H13BrF3NO2/c14-7-11-8-20-5-4-18(11)12(19)9-2-1-3-10(6-9)13(15,16)17/h1-3,6,11H,4-5,7-8H2. The zero-order valence-corrected chi connectivity index (χ0v) is 12.1. The number of carbonyl (C=O) groups is 1. The van der Waals surface area contributed by atoms with Crippen molar-refractivity contribution in [2.45, 2.75) is 12.2 Å². The van der Waals surface area contributed by atoms with E-state index in [-0.39, 0.29) is 11.6 Å². The van der Waals surface area contributed by atoms with E-state index in [0.29, 0.717) is 25.1 Å². The van der Waals surface area contributed by atoms with Crippen molar-refractivity contribution in [3.05, 3.63) is 35.4 Å². The Morgan fingerprint density at radius 1 is 1.45 bits per heavy atom. The van der Waals surface area contributed by atoms with E-state index in [1.54, 1.807) is 4.90 Å². The van der Waals surface area contributed by atoms with Crippen molar-refractivity contribution < 1.29 is 22.7 Å². The maximum atomic E-state index is 12.7. The number of ether oxygens (including phenoxy) is 1. The molecular weight excluding hydrogens is 339 g/mol. The van der Waals surface area contributed by atoms with E-state index in [0.717, 1.165) is 12.1 Å². The summed E-state index contributed by atoms with van der Waals surface area (Å²) in [5, 5.41) is 0.525. The average Bonchev–Trinajstić information content (AvgIpc) is 2.45. The van der Waals surface area contributed by atoms with Gasteiger partial charge in [0.15, 0.2) is 0 Å². The zero-order chi connectivity index (χ0) is 14.8. The molecule has 1 fully saturated rings. The number of hydrogen-bond donors (Lipinski definition) is 0. The molecule has 0 spiro atoms. The van der Waals surface area contributed by atoms with Crippen LogP contribution in [-0.2, 0) is 10.9 Å². The van der Waals surface area contributed by atoms with Crippen molar-refractivity contribution in [1.29, 1.82) is 0 Å². The molecule has 1 aromatic carbocycles. The van der Waals surface area contributed by atoms with E-state index < -0.39 is 17.6 Å². The van der Waals surface area contributed by atoms with Crippen LogP contribution in [-0.4, -0.2) is 41.9 Å². The lowest BCUT2D eigenvalue weighted by Crippen LogP contribution is -2.49. The van der Waals surface area contributed by atoms with E-state index >= 15 is 0 Å². The van der Waals surface area contributed by atoms with Crippen LogP contribution in [0.15, 0.2) is 24.3 Å². The maximum Gasteiger partial charge on any atom is 0.416 e. The first-order valence-electron chi connectivity index (χ1n) is 6.05. The minimum atomic E-state index is -4.45. The lowest BCUT2D eigenvalue weighted by Gasteiger charge is -2.34. The summed E-state index contributed by atoms with van der Waals surface area (Å²) in [6, 6.07) is 4.34. The Bertz CT molecular complexity index is 493. The van der Waals surface area contributed by atoms with Crippen LogP contribution in [0.25, 0.3) is 0 Å². The zero-order valence-electron chi connectivity index (χ0n) is 10.5. The second-order valence-corrected chi connectivity index (χ2v) is 5.11. The van der Waals surface area contributed by atoms with Crippen molar-refractivity contribution in [3.63, 3.8) is 0 Å². The molecule has 0 aromatic heterocycles. The summed E-state index contributed by atoms with van der Waals surface area (Å²) in [6.07, 6.45) is -4.45. The van der Waals surface area contributed by atoms with Gasteiger partial charge in [0.05, 0.1) is 24.8 Å². The summed E-state index contributed by atoms with van der Waals surface area (Å²) in [4.78, 5) is 13.9. The number of rotatable bonds is 2. The average molecular weight is 352 g/mol. The van der Waals surface area contributed by atoms with Gasteiger partial charge >= 0.3 is 6.18 Å². The topological polar surface area (TPSA) is 29.5 Å². The van der Waals surface area contributed by atoms with Crippen LogP contribution >= 0.6 is 15.9 Å². The van der Waals surface area contributed by atoms with E-state index in [1.807, 2.05) is 0 Å². The van der Waals surface area contributed by atoms with Crippen LogP contribution in [0.5, 0.6) is 0 Å². The molecule has 3 nitrogen and oxygen atoms in total. The highest BCUT2D eigenvalue weighted by molar-refractivity contribution is 9.09. The molecule has 1 unspecified atom stereocenters. The van der Waals surface area contributed by atoms with Crippen LogP contribution in [0, 0.1) is 0 Å². The van der Waals surface area contributed by atoms with Gasteiger partial charge in [-0.2, -0.15) is 13.2 Å². The molecular formula is C13H13BrF3NO2. The Morgan fingerprint density at radius 2 is 2.20 bits per heavy atom. The second kappa shape index (κ2) is 6.13. The smallest absolute Gasteiger partial charge is 0.377 e. The summed E-state index contributed by atoms with van der Waals surface area (Å²) < 4.78 is 43.3. The number of benzene rings is 1. The fourth-order valence-electron chi connectivity index (χ4n) is 2.04. The highest BCUT2D eigenvalue weighted by Gasteiger charge is 2.32. The summed E-state index contributed by atoms with van der Waals surface area (Å²) in [7, 11) is 0. The first-order valence-corrected chi connectivity index (χ1v) is 7.17. The van der Waals surface area contributed by atoms with Gasteiger partial charge in [-0.05, 0) is 18.2 Å². The third-order valence-corrected chi connectivity index (χ3v) is 3.85. The molecule has 0 bridgehead atoms. The molecule has 1 saturated heterocycles. The normalized spacial score (nSPS) is 20.0. The monoisotopic (exact) mass is 351 g/mol. The lowest BCUT2D eigenvalue weighted by molar-refractivity contribution is -0.137. The molecule has 0 radical (unpaired) electrons. The van der Waals surface area contributed by atoms with Gasteiger partial charge in [0.25, 0.3) is 5.91 Å². The number of hydrogen-bond acceptors (Lipinski definition) is 2. The number of amides is 1. The largest absolute Gasteiger partial charge is 0.416 e. The van der Waals surface area contributed by atoms with E-state index in [9.17, 15) is 18.0 Å². The Morgan fingerprint density at radius 3 is 2.85 bits per heavy atom. The molecule has 2 rings (SSSR count).